The molecule has 0 fully saturated rings. The molecule has 1 aromatic heterocycles. The molecule has 0 amide bonds. The van der Waals surface area contributed by atoms with Gasteiger partial charge in [-0.2, -0.15) is 0 Å². The molecule has 0 bridgehead atoms. The van der Waals surface area contributed by atoms with Crippen LogP contribution in [0, 0.1) is 0 Å². The Hall–Kier alpha value is -2.82. The first-order valence-electron chi connectivity index (χ1n) is 10.6. The molecule has 0 saturated heterocycles. The average molecular weight is 400 g/mol. The number of hydrogen-bond donors (Lipinski definition) is 1. The van der Waals surface area contributed by atoms with E-state index in [0.29, 0.717) is 5.92 Å². The second-order valence-corrected chi connectivity index (χ2v) is 7.86. The van der Waals surface area contributed by atoms with Crippen molar-refractivity contribution in [2.24, 2.45) is 4.99 Å². The minimum Gasteiger partial charge on any atom is -0.383 e. The number of ether oxygens (including phenoxy) is 1. The van der Waals surface area contributed by atoms with Gasteiger partial charge in [0.05, 0.1) is 13.2 Å². The van der Waals surface area contributed by atoms with E-state index < -0.39 is 0 Å². The molecule has 0 radical (unpaired) electrons. The molecule has 1 aliphatic heterocycles. The summed E-state index contributed by atoms with van der Waals surface area (Å²) < 4.78 is 5.17. The largest absolute Gasteiger partial charge is 0.383 e. The summed E-state index contributed by atoms with van der Waals surface area (Å²) in [5.41, 5.74) is 8.66. The van der Waals surface area contributed by atoms with Crippen molar-refractivity contribution in [1.82, 2.24) is 10.3 Å². The zero-order chi connectivity index (χ0) is 20.8. The molecule has 3 aromatic rings. The summed E-state index contributed by atoms with van der Waals surface area (Å²) >= 11 is 0. The number of aliphatic imine (C=N–C) groups is 1. The lowest BCUT2D eigenvalue weighted by Crippen LogP contribution is -2.26. The maximum Gasteiger partial charge on any atom is 0.0649 e. The van der Waals surface area contributed by atoms with E-state index in [1.807, 2.05) is 12.4 Å². The second kappa shape index (κ2) is 9.79. The monoisotopic (exact) mass is 399 g/mol. The molecule has 4 rings (SSSR count). The van der Waals surface area contributed by atoms with Gasteiger partial charge in [0.15, 0.2) is 0 Å². The summed E-state index contributed by atoms with van der Waals surface area (Å²) in [5.74, 6) is 0.384. The molecule has 1 atom stereocenters. The molecule has 0 saturated carbocycles. The summed E-state index contributed by atoms with van der Waals surface area (Å²) in [4.78, 5) is 9.12. The Balaban J connectivity index is 1.54. The van der Waals surface area contributed by atoms with E-state index in [-0.39, 0.29) is 0 Å². The SMILES string of the molecule is COCCNC[C@H](Cc1cncc(-c2ccc3c(c2)C(C)=NC3)c1)c1ccccc1. The van der Waals surface area contributed by atoms with Crippen LogP contribution in [0.4, 0.5) is 0 Å². The van der Waals surface area contributed by atoms with Gasteiger partial charge in [-0.15, -0.1) is 0 Å². The highest BCUT2D eigenvalue weighted by atomic mass is 16.5. The minimum absolute atomic E-state index is 0.384. The lowest BCUT2D eigenvalue weighted by atomic mass is 9.91. The molecule has 2 heterocycles. The molecule has 4 nitrogen and oxygen atoms in total. The van der Waals surface area contributed by atoms with Crippen molar-refractivity contribution in [1.29, 1.82) is 0 Å². The molecule has 0 unspecified atom stereocenters. The van der Waals surface area contributed by atoms with Crippen LogP contribution in [0.15, 0.2) is 72.0 Å². The molecule has 30 heavy (non-hydrogen) atoms. The van der Waals surface area contributed by atoms with Crippen LogP contribution in [0.5, 0.6) is 0 Å². The number of nitrogens with one attached hydrogen (secondary N) is 1. The summed E-state index contributed by atoms with van der Waals surface area (Å²) in [6, 6.07) is 19.6. The fraction of sp³-hybridized carbons (Fsp3) is 0.308. The van der Waals surface area contributed by atoms with E-state index in [1.54, 1.807) is 7.11 Å². The van der Waals surface area contributed by atoms with E-state index in [4.69, 9.17) is 4.74 Å². The molecule has 1 N–H and O–H groups in total. The second-order valence-electron chi connectivity index (χ2n) is 7.86. The first-order chi connectivity index (χ1) is 14.7. The third-order valence-corrected chi connectivity index (χ3v) is 5.74. The van der Waals surface area contributed by atoms with Crippen LogP contribution in [-0.4, -0.2) is 37.5 Å². The standard InChI is InChI=1S/C26H29N3O/c1-19-26-14-22(8-9-23(26)18-29-19)25-13-20(15-28-17-25)12-24(16-27-10-11-30-2)21-6-4-3-5-7-21/h3-9,13-15,17,24,27H,10-12,16,18H2,1-2H3/t24-/m0/s1. The number of benzene rings is 2. The Kier molecular flexibility index (Phi) is 6.67. The Labute approximate surface area is 179 Å². The zero-order valence-corrected chi connectivity index (χ0v) is 17.8. The van der Waals surface area contributed by atoms with Crippen molar-refractivity contribution < 1.29 is 4.74 Å². The van der Waals surface area contributed by atoms with Crippen molar-refractivity contribution >= 4 is 5.71 Å². The van der Waals surface area contributed by atoms with E-state index in [2.05, 4.69) is 76.8 Å². The number of nitrogens with zero attached hydrogens (tertiary/aromatic N) is 2. The van der Waals surface area contributed by atoms with Gasteiger partial charge < -0.3 is 10.1 Å². The minimum atomic E-state index is 0.384. The topological polar surface area (TPSA) is 46.5 Å². The van der Waals surface area contributed by atoms with Gasteiger partial charge in [-0.3, -0.25) is 9.98 Å². The molecule has 0 spiro atoms. The molecule has 4 heteroatoms. The fourth-order valence-corrected chi connectivity index (χ4v) is 4.04. The van der Waals surface area contributed by atoms with Gasteiger partial charge in [-0.1, -0.05) is 42.5 Å². The molecule has 154 valence electrons. The van der Waals surface area contributed by atoms with Gasteiger partial charge in [0, 0.05) is 55.3 Å². The predicted octanol–water partition coefficient (Wildman–Crippen LogP) is 4.63. The molecule has 2 aromatic carbocycles. The van der Waals surface area contributed by atoms with Crippen LogP contribution in [0.2, 0.25) is 0 Å². The molecular weight excluding hydrogens is 370 g/mol. The number of aromatic nitrogens is 1. The average Bonchev–Trinajstić information content (AvgIpc) is 3.17. The van der Waals surface area contributed by atoms with Crippen molar-refractivity contribution in [2.75, 3.05) is 26.8 Å². The lowest BCUT2D eigenvalue weighted by Gasteiger charge is -2.19. The first-order valence-corrected chi connectivity index (χ1v) is 10.6. The summed E-state index contributed by atoms with van der Waals surface area (Å²) in [5, 5.41) is 3.53. The van der Waals surface area contributed by atoms with Crippen LogP contribution in [0.25, 0.3) is 11.1 Å². The van der Waals surface area contributed by atoms with Gasteiger partial charge in [-0.05, 0) is 47.7 Å². The van der Waals surface area contributed by atoms with Crippen LogP contribution < -0.4 is 5.32 Å². The number of rotatable bonds is 9. The fourth-order valence-electron chi connectivity index (χ4n) is 4.04. The van der Waals surface area contributed by atoms with Crippen LogP contribution >= 0.6 is 0 Å². The molecule has 1 aliphatic rings. The maximum absolute atomic E-state index is 5.17. The number of methoxy groups -OCH3 is 1. The highest BCUT2D eigenvalue weighted by Crippen LogP contribution is 2.28. The zero-order valence-electron chi connectivity index (χ0n) is 17.8. The quantitative estimate of drug-likeness (QED) is 0.534. The predicted molar refractivity (Wildman–Crippen MR) is 123 cm³/mol. The van der Waals surface area contributed by atoms with Crippen molar-refractivity contribution in [3.8, 4) is 11.1 Å². The van der Waals surface area contributed by atoms with Crippen molar-refractivity contribution in [3.63, 3.8) is 0 Å². The smallest absolute Gasteiger partial charge is 0.0649 e. The normalized spacial score (nSPS) is 13.7. The molecule has 0 aliphatic carbocycles. The van der Waals surface area contributed by atoms with Gasteiger partial charge in [-0.25, -0.2) is 0 Å². The highest BCUT2D eigenvalue weighted by Gasteiger charge is 2.15. The summed E-state index contributed by atoms with van der Waals surface area (Å²) in [6.45, 7) is 5.37. The Morgan fingerprint density at radius 2 is 1.90 bits per heavy atom. The maximum atomic E-state index is 5.17. The van der Waals surface area contributed by atoms with Gasteiger partial charge >= 0.3 is 0 Å². The van der Waals surface area contributed by atoms with Gasteiger partial charge in [0.1, 0.15) is 0 Å². The van der Waals surface area contributed by atoms with Crippen LogP contribution in [0.1, 0.15) is 35.1 Å². The van der Waals surface area contributed by atoms with E-state index in [0.717, 1.165) is 43.9 Å². The first kappa shape index (κ1) is 20.5. The van der Waals surface area contributed by atoms with E-state index >= 15 is 0 Å². The summed E-state index contributed by atoms with van der Waals surface area (Å²) in [7, 11) is 1.74. The number of hydrogen-bond acceptors (Lipinski definition) is 4. The van der Waals surface area contributed by atoms with Crippen LogP contribution in [0.3, 0.4) is 0 Å². The number of pyridine rings is 1. The third kappa shape index (κ3) is 4.84. The van der Waals surface area contributed by atoms with Crippen LogP contribution in [-0.2, 0) is 17.7 Å². The molecular formula is C26H29N3O. The van der Waals surface area contributed by atoms with E-state index in [9.17, 15) is 0 Å². The van der Waals surface area contributed by atoms with Gasteiger partial charge in [0.25, 0.3) is 0 Å². The Bertz CT molecular complexity index is 1010. The van der Waals surface area contributed by atoms with Crippen molar-refractivity contribution in [3.05, 3.63) is 89.2 Å². The lowest BCUT2D eigenvalue weighted by molar-refractivity contribution is 0.199. The highest BCUT2D eigenvalue weighted by molar-refractivity contribution is 6.02. The summed E-state index contributed by atoms with van der Waals surface area (Å²) in [6.07, 6.45) is 4.89. The van der Waals surface area contributed by atoms with Crippen molar-refractivity contribution in [2.45, 2.75) is 25.8 Å². The number of fused-ring (bicyclic) bond motifs is 1. The van der Waals surface area contributed by atoms with E-state index in [1.165, 1.54) is 27.8 Å². The Morgan fingerprint density at radius 1 is 1.03 bits per heavy atom. The Morgan fingerprint density at radius 3 is 2.73 bits per heavy atom. The third-order valence-electron chi connectivity index (χ3n) is 5.74. The van der Waals surface area contributed by atoms with Gasteiger partial charge in [0.2, 0.25) is 0 Å².